The van der Waals surface area contributed by atoms with E-state index in [1.165, 1.54) is 64.5 Å². The van der Waals surface area contributed by atoms with Crippen molar-refractivity contribution >= 4 is 5.78 Å². The summed E-state index contributed by atoms with van der Waals surface area (Å²) in [6.07, 6.45) is 16.8. The number of rotatable bonds is 2. The molecule has 2 saturated carbocycles. The smallest absolute Gasteiger partial charge is 0.133 e. The Morgan fingerprint density at radius 3 is 2.59 bits per heavy atom. The molecule has 5 aliphatic rings. The lowest BCUT2D eigenvalue weighted by Crippen LogP contribution is -2.50. The number of hydrogen-bond donors (Lipinski definition) is 0. The van der Waals surface area contributed by atoms with Crippen molar-refractivity contribution in [2.24, 2.45) is 34.5 Å². The van der Waals surface area contributed by atoms with Crippen LogP contribution in [0.4, 0.5) is 0 Å². The van der Waals surface area contributed by atoms with Crippen LogP contribution >= 0.6 is 0 Å². The standard InChI is InChI=1S/C25H37NO/c1-17(27)21-8-9-22-20-7-6-18-16-19(26-14-4-5-15-26)10-12-24(18,2)23(20)11-13-25(21,22)3/h6,16,20-23H,4-5,7-15H2,1-3H3/t20-,21+,22-,23-,24-,25+/m0/s1. The number of nitrogens with zero attached hydrogens (tertiary/aromatic N) is 1. The van der Waals surface area contributed by atoms with Crippen LogP contribution in [-0.2, 0) is 4.79 Å². The van der Waals surface area contributed by atoms with Gasteiger partial charge in [-0.25, -0.2) is 0 Å². The first-order valence-electron chi connectivity index (χ1n) is 11.6. The molecule has 0 aromatic carbocycles. The summed E-state index contributed by atoms with van der Waals surface area (Å²) in [6.45, 7) is 9.42. The molecule has 1 aliphatic heterocycles. The van der Waals surface area contributed by atoms with Crippen molar-refractivity contribution in [2.45, 2.75) is 78.6 Å². The van der Waals surface area contributed by atoms with Crippen molar-refractivity contribution in [3.63, 3.8) is 0 Å². The van der Waals surface area contributed by atoms with Gasteiger partial charge < -0.3 is 4.90 Å². The van der Waals surface area contributed by atoms with Gasteiger partial charge in [0, 0.05) is 24.7 Å². The molecular formula is C25H37NO. The first-order chi connectivity index (χ1) is 12.9. The second kappa shape index (κ2) is 6.22. The topological polar surface area (TPSA) is 20.3 Å². The fourth-order valence-corrected chi connectivity index (χ4v) is 8.23. The number of ketones is 1. The highest BCUT2D eigenvalue weighted by molar-refractivity contribution is 5.79. The van der Waals surface area contributed by atoms with Crippen LogP contribution in [0, 0.1) is 34.5 Å². The number of carbonyl (C=O) groups is 1. The van der Waals surface area contributed by atoms with Gasteiger partial charge in [0.25, 0.3) is 0 Å². The molecule has 4 aliphatic carbocycles. The molecule has 0 spiro atoms. The predicted molar refractivity (Wildman–Crippen MR) is 110 cm³/mol. The summed E-state index contributed by atoms with van der Waals surface area (Å²) in [5.74, 6) is 3.19. The molecule has 0 bridgehead atoms. The summed E-state index contributed by atoms with van der Waals surface area (Å²) in [6, 6.07) is 0. The summed E-state index contributed by atoms with van der Waals surface area (Å²) >= 11 is 0. The Bertz CT molecular complexity index is 699. The van der Waals surface area contributed by atoms with Crippen LogP contribution < -0.4 is 0 Å². The molecule has 3 fully saturated rings. The lowest BCUT2D eigenvalue weighted by Gasteiger charge is -2.57. The Balaban J connectivity index is 1.44. The molecule has 0 N–H and O–H groups in total. The molecule has 5 rings (SSSR count). The van der Waals surface area contributed by atoms with Gasteiger partial charge in [0.15, 0.2) is 0 Å². The largest absolute Gasteiger partial charge is 0.375 e. The highest BCUT2D eigenvalue weighted by Gasteiger charge is 2.59. The zero-order chi connectivity index (χ0) is 18.8. The molecule has 2 heteroatoms. The minimum absolute atomic E-state index is 0.278. The molecule has 148 valence electrons. The third-order valence-electron chi connectivity index (χ3n) is 9.75. The van der Waals surface area contributed by atoms with Crippen LogP contribution in [0.2, 0.25) is 0 Å². The molecule has 0 aromatic heterocycles. The maximum Gasteiger partial charge on any atom is 0.133 e. The SMILES string of the molecule is CC(=O)[C@H]1CC[C@H]2[C@@H]3CC=C4C=C(N5CCCC5)CC[C@]4(C)[C@H]3CC[C@]12C. The average Bonchev–Trinajstić information content (AvgIpc) is 3.28. The molecule has 0 aromatic rings. The van der Waals surface area contributed by atoms with E-state index >= 15 is 0 Å². The Morgan fingerprint density at radius 2 is 1.85 bits per heavy atom. The van der Waals surface area contributed by atoms with Crippen molar-refractivity contribution < 1.29 is 4.79 Å². The van der Waals surface area contributed by atoms with Crippen molar-refractivity contribution in [1.82, 2.24) is 4.90 Å². The van der Waals surface area contributed by atoms with Crippen LogP contribution in [0.15, 0.2) is 23.4 Å². The monoisotopic (exact) mass is 367 g/mol. The molecule has 1 saturated heterocycles. The summed E-state index contributed by atoms with van der Waals surface area (Å²) < 4.78 is 0. The number of Topliss-reactive ketones (excluding diaryl/α,β-unsaturated/α-hetero) is 1. The predicted octanol–water partition coefficient (Wildman–Crippen LogP) is 5.74. The van der Waals surface area contributed by atoms with E-state index in [2.05, 4.69) is 30.9 Å². The van der Waals surface area contributed by atoms with E-state index < -0.39 is 0 Å². The lowest BCUT2D eigenvalue weighted by molar-refractivity contribution is -0.127. The molecule has 1 heterocycles. The van der Waals surface area contributed by atoms with Crippen molar-refractivity contribution in [3.05, 3.63) is 23.4 Å². The first-order valence-corrected chi connectivity index (χ1v) is 11.6. The van der Waals surface area contributed by atoms with Crippen LogP contribution in [-0.4, -0.2) is 23.8 Å². The normalized spacial score (nSPS) is 46.3. The summed E-state index contributed by atoms with van der Waals surface area (Å²) in [4.78, 5) is 14.9. The maximum atomic E-state index is 12.3. The minimum atomic E-state index is 0.278. The molecule has 0 radical (unpaired) electrons. The van der Waals surface area contributed by atoms with Gasteiger partial charge in [-0.15, -0.1) is 0 Å². The molecular weight excluding hydrogens is 330 g/mol. The van der Waals surface area contributed by atoms with Crippen molar-refractivity contribution in [3.8, 4) is 0 Å². The summed E-state index contributed by atoms with van der Waals surface area (Å²) in [7, 11) is 0. The summed E-state index contributed by atoms with van der Waals surface area (Å²) in [5, 5.41) is 0. The van der Waals surface area contributed by atoms with Gasteiger partial charge in [-0.2, -0.15) is 0 Å². The number of carbonyl (C=O) groups excluding carboxylic acids is 1. The fourth-order valence-electron chi connectivity index (χ4n) is 8.23. The van der Waals surface area contributed by atoms with E-state index in [-0.39, 0.29) is 5.41 Å². The van der Waals surface area contributed by atoms with Gasteiger partial charge in [0.2, 0.25) is 0 Å². The van der Waals surface area contributed by atoms with E-state index in [9.17, 15) is 4.79 Å². The van der Waals surface area contributed by atoms with Crippen molar-refractivity contribution in [1.29, 1.82) is 0 Å². The first kappa shape index (κ1) is 18.0. The van der Waals surface area contributed by atoms with Crippen LogP contribution in [0.5, 0.6) is 0 Å². The molecule has 27 heavy (non-hydrogen) atoms. The van der Waals surface area contributed by atoms with E-state index in [4.69, 9.17) is 0 Å². The highest BCUT2D eigenvalue weighted by Crippen LogP contribution is 2.66. The maximum absolute atomic E-state index is 12.3. The second-order valence-electron chi connectivity index (χ2n) is 10.8. The van der Waals surface area contributed by atoms with Crippen molar-refractivity contribution in [2.75, 3.05) is 13.1 Å². The Kier molecular flexibility index (Phi) is 4.15. The third kappa shape index (κ3) is 2.54. The molecule has 0 amide bonds. The average molecular weight is 368 g/mol. The summed E-state index contributed by atoms with van der Waals surface area (Å²) in [5.41, 5.74) is 3.93. The molecule has 6 atom stereocenters. The second-order valence-corrected chi connectivity index (χ2v) is 10.8. The fraction of sp³-hybridized carbons (Fsp3) is 0.800. The van der Waals surface area contributed by atoms with Crippen LogP contribution in [0.1, 0.15) is 78.6 Å². The van der Waals surface area contributed by atoms with Crippen LogP contribution in [0.3, 0.4) is 0 Å². The van der Waals surface area contributed by atoms with Gasteiger partial charge in [0.05, 0.1) is 0 Å². The Morgan fingerprint density at radius 1 is 1.07 bits per heavy atom. The quantitative estimate of drug-likeness (QED) is 0.620. The zero-order valence-electron chi connectivity index (χ0n) is 17.6. The van der Waals surface area contributed by atoms with E-state index in [0.717, 1.165) is 24.2 Å². The van der Waals surface area contributed by atoms with Gasteiger partial charge in [-0.05, 0) is 105 Å². The van der Waals surface area contributed by atoms with Gasteiger partial charge in [-0.3, -0.25) is 4.79 Å². The Labute approximate surface area is 165 Å². The third-order valence-corrected chi connectivity index (χ3v) is 9.75. The number of hydrogen-bond acceptors (Lipinski definition) is 2. The van der Waals surface area contributed by atoms with Gasteiger partial charge in [0.1, 0.15) is 5.78 Å². The number of likely N-dealkylation sites (tertiary alicyclic amines) is 1. The van der Waals surface area contributed by atoms with E-state index in [1.54, 1.807) is 11.3 Å². The minimum Gasteiger partial charge on any atom is -0.375 e. The van der Waals surface area contributed by atoms with Crippen LogP contribution in [0.25, 0.3) is 0 Å². The highest BCUT2D eigenvalue weighted by atomic mass is 16.1. The molecule has 2 nitrogen and oxygen atoms in total. The van der Waals surface area contributed by atoms with Gasteiger partial charge >= 0.3 is 0 Å². The Hall–Kier alpha value is -1.05. The molecule has 0 unspecified atom stereocenters. The van der Waals surface area contributed by atoms with Gasteiger partial charge in [-0.1, -0.05) is 19.9 Å². The number of fused-ring (bicyclic) bond motifs is 5. The van der Waals surface area contributed by atoms with E-state index in [1.807, 2.05) is 6.92 Å². The van der Waals surface area contributed by atoms with E-state index in [0.29, 0.717) is 17.1 Å². The zero-order valence-corrected chi connectivity index (χ0v) is 17.6. The lowest BCUT2D eigenvalue weighted by atomic mass is 9.48. The number of allylic oxidation sites excluding steroid dienone is 4.